The Labute approximate surface area is 220 Å². The fourth-order valence-electron chi connectivity index (χ4n) is 4.55. The van der Waals surface area contributed by atoms with Gasteiger partial charge in [-0.05, 0) is 81.1 Å². The van der Waals surface area contributed by atoms with Gasteiger partial charge in [-0.1, -0.05) is 17.8 Å². The molecule has 2 aliphatic heterocycles. The molecule has 186 valence electrons. The summed E-state index contributed by atoms with van der Waals surface area (Å²) in [7, 11) is 2.07. The molecule has 7 nitrogen and oxygen atoms in total. The fourth-order valence-corrected chi connectivity index (χ4v) is 7.07. The number of amidine groups is 1. The number of Topliss-reactive ketones (excluding diaryl/α,β-unsaturated/α-hetero) is 1. The molecule has 0 radical (unpaired) electrons. The summed E-state index contributed by atoms with van der Waals surface area (Å²) >= 11 is 3.14. The quantitative estimate of drug-likeness (QED) is 0.364. The van der Waals surface area contributed by atoms with Gasteiger partial charge in [0, 0.05) is 42.2 Å². The van der Waals surface area contributed by atoms with E-state index in [9.17, 15) is 9.59 Å². The van der Waals surface area contributed by atoms with Gasteiger partial charge in [0.2, 0.25) is 0 Å². The molecule has 2 aromatic rings. The number of aromatic nitrogens is 1. The first kappa shape index (κ1) is 24.6. The molecular weight excluding hydrogens is 490 g/mol. The van der Waals surface area contributed by atoms with E-state index >= 15 is 0 Å². The highest BCUT2D eigenvalue weighted by molar-refractivity contribution is 8.19. The van der Waals surface area contributed by atoms with Crippen molar-refractivity contribution >= 4 is 51.8 Å². The van der Waals surface area contributed by atoms with Crippen LogP contribution in [0.2, 0.25) is 0 Å². The van der Waals surface area contributed by atoms with Crippen LogP contribution in [0.15, 0.2) is 68.3 Å². The van der Waals surface area contributed by atoms with Gasteiger partial charge < -0.3 is 10.2 Å². The molecule has 3 aliphatic rings. The number of nitrogens with one attached hydrogen (secondary N) is 1. The van der Waals surface area contributed by atoms with Crippen LogP contribution >= 0.6 is 23.5 Å². The van der Waals surface area contributed by atoms with Crippen molar-refractivity contribution in [2.45, 2.75) is 46.1 Å². The molecule has 0 unspecified atom stereocenters. The third-order valence-corrected chi connectivity index (χ3v) is 8.98. The van der Waals surface area contributed by atoms with Gasteiger partial charge in [-0.15, -0.1) is 0 Å². The van der Waals surface area contributed by atoms with E-state index in [2.05, 4.69) is 22.2 Å². The first-order valence-corrected chi connectivity index (χ1v) is 13.8. The lowest BCUT2D eigenvalue weighted by Gasteiger charge is -2.20. The van der Waals surface area contributed by atoms with E-state index in [1.54, 1.807) is 48.1 Å². The Balaban J connectivity index is 1.57. The fraction of sp³-hybridized carbons (Fsp3) is 0.333. The molecule has 5 rings (SSSR count). The number of benzene rings is 1. The zero-order valence-electron chi connectivity index (χ0n) is 20.7. The van der Waals surface area contributed by atoms with Crippen LogP contribution in [-0.4, -0.2) is 45.2 Å². The number of allylic oxidation sites excluding steroid dienone is 2. The number of hydrogen-bond donors (Lipinski definition) is 1. The second-order valence-electron chi connectivity index (χ2n) is 8.94. The van der Waals surface area contributed by atoms with E-state index in [1.165, 1.54) is 35.2 Å². The number of carbonyl (C=O) groups is 2. The van der Waals surface area contributed by atoms with Gasteiger partial charge in [0.15, 0.2) is 11.0 Å². The third kappa shape index (κ3) is 4.82. The standard InChI is InChI=1S/C27H29N5O2S2/c1-4-29-20-12-11-19(17(2)33)14-21(20)30-27-32(16-18-8-7-13-28-15-18)25(34)24(36-27)26-31(3)22-9-5-6-10-23(22)35-26/h7-8,11-15,29H,4-6,9-10,16H2,1-3H3. The number of hydrogen-bond acceptors (Lipinski definition) is 8. The van der Waals surface area contributed by atoms with Crippen LogP contribution in [0.4, 0.5) is 11.4 Å². The van der Waals surface area contributed by atoms with Gasteiger partial charge in [-0.3, -0.25) is 19.5 Å². The molecule has 1 N–H and O–H groups in total. The predicted molar refractivity (Wildman–Crippen MR) is 148 cm³/mol. The molecule has 36 heavy (non-hydrogen) atoms. The number of pyridine rings is 1. The van der Waals surface area contributed by atoms with Crippen LogP contribution < -0.4 is 5.32 Å². The van der Waals surface area contributed by atoms with Gasteiger partial charge in [0.05, 0.1) is 22.9 Å². The first-order valence-electron chi connectivity index (χ1n) is 12.2. The van der Waals surface area contributed by atoms with Crippen molar-refractivity contribution < 1.29 is 9.59 Å². The summed E-state index contributed by atoms with van der Waals surface area (Å²) < 4.78 is 0. The van der Waals surface area contributed by atoms with Crippen molar-refractivity contribution in [1.82, 2.24) is 14.8 Å². The summed E-state index contributed by atoms with van der Waals surface area (Å²) in [6, 6.07) is 9.31. The maximum Gasteiger partial charge on any atom is 0.269 e. The number of amides is 1. The highest BCUT2D eigenvalue weighted by Gasteiger charge is 2.40. The lowest BCUT2D eigenvalue weighted by atomic mass is 10.0. The van der Waals surface area contributed by atoms with E-state index < -0.39 is 0 Å². The molecule has 9 heteroatoms. The largest absolute Gasteiger partial charge is 0.384 e. The Morgan fingerprint density at radius 2 is 2.03 bits per heavy atom. The SMILES string of the molecule is CCNc1ccc(C(C)=O)cc1N=C1SC(=C2SC3=C(CCCC3)N2C)C(=O)N1Cc1cccnc1. The van der Waals surface area contributed by atoms with Crippen molar-refractivity contribution in [2.75, 3.05) is 18.9 Å². The van der Waals surface area contributed by atoms with Crippen LogP contribution in [0, 0.1) is 0 Å². The van der Waals surface area contributed by atoms with E-state index in [1.807, 2.05) is 25.1 Å². The monoisotopic (exact) mass is 519 g/mol. The molecular formula is C27H29N5O2S2. The lowest BCUT2D eigenvalue weighted by molar-refractivity contribution is -0.122. The summed E-state index contributed by atoms with van der Waals surface area (Å²) in [5.74, 6) is -0.0742. The minimum atomic E-state index is -0.0514. The van der Waals surface area contributed by atoms with Crippen molar-refractivity contribution in [3.8, 4) is 0 Å². The smallest absolute Gasteiger partial charge is 0.269 e. The summed E-state index contributed by atoms with van der Waals surface area (Å²) in [6.07, 6.45) is 8.01. The Morgan fingerprint density at radius 3 is 2.75 bits per heavy atom. The van der Waals surface area contributed by atoms with Gasteiger partial charge in [-0.25, -0.2) is 4.99 Å². The normalized spacial score (nSPS) is 21.0. The van der Waals surface area contributed by atoms with Crippen molar-refractivity contribution in [2.24, 2.45) is 4.99 Å². The van der Waals surface area contributed by atoms with Gasteiger partial charge >= 0.3 is 0 Å². The lowest BCUT2D eigenvalue weighted by Crippen LogP contribution is -2.29. The average Bonchev–Trinajstić information content (AvgIpc) is 3.37. The van der Waals surface area contributed by atoms with Gasteiger partial charge in [0.1, 0.15) is 4.91 Å². The van der Waals surface area contributed by atoms with Crippen LogP contribution in [0.5, 0.6) is 0 Å². The molecule has 3 heterocycles. The maximum atomic E-state index is 13.9. The van der Waals surface area contributed by atoms with Crippen LogP contribution in [-0.2, 0) is 11.3 Å². The molecule has 1 aromatic heterocycles. The van der Waals surface area contributed by atoms with Crippen LogP contribution in [0.1, 0.15) is 55.5 Å². The molecule has 1 fully saturated rings. The number of nitrogens with zero attached hydrogens (tertiary/aromatic N) is 4. The average molecular weight is 520 g/mol. The Kier molecular flexibility index (Phi) is 7.20. The second kappa shape index (κ2) is 10.5. The van der Waals surface area contributed by atoms with E-state index in [-0.39, 0.29) is 11.7 Å². The number of ketones is 1. The van der Waals surface area contributed by atoms with Crippen LogP contribution in [0.25, 0.3) is 0 Å². The molecule has 0 bridgehead atoms. The Hall–Kier alpha value is -3.04. The number of carbonyl (C=O) groups excluding carboxylic acids is 2. The summed E-state index contributed by atoms with van der Waals surface area (Å²) in [4.78, 5) is 41.1. The topological polar surface area (TPSA) is 77.9 Å². The molecule has 0 spiro atoms. The maximum absolute atomic E-state index is 13.9. The van der Waals surface area contributed by atoms with Crippen molar-refractivity contribution in [3.63, 3.8) is 0 Å². The molecule has 0 saturated carbocycles. The van der Waals surface area contributed by atoms with E-state index in [0.29, 0.717) is 27.9 Å². The Morgan fingerprint density at radius 1 is 1.19 bits per heavy atom. The summed E-state index contributed by atoms with van der Waals surface area (Å²) in [6.45, 7) is 4.66. The summed E-state index contributed by atoms with van der Waals surface area (Å²) in [5, 5.41) is 4.92. The van der Waals surface area contributed by atoms with Gasteiger partial charge in [0.25, 0.3) is 5.91 Å². The van der Waals surface area contributed by atoms with Crippen molar-refractivity contribution in [1.29, 1.82) is 0 Å². The van der Waals surface area contributed by atoms with Crippen molar-refractivity contribution in [3.05, 3.63) is 74.4 Å². The minimum Gasteiger partial charge on any atom is -0.384 e. The minimum absolute atomic E-state index is 0.0229. The van der Waals surface area contributed by atoms with Gasteiger partial charge in [-0.2, -0.15) is 0 Å². The first-order chi connectivity index (χ1) is 17.5. The zero-order valence-corrected chi connectivity index (χ0v) is 22.3. The number of thioether (sulfide) groups is 2. The predicted octanol–water partition coefficient (Wildman–Crippen LogP) is 6.11. The molecule has 1 aliphatic carbocycles. The molecule has 0 atom stereocenters. The second-order valence-corrected chi connectivity index (χ2v) is 11.0. The number of rotatable bonds is 6. The zero-order chi connectivity index (χ0) is 25.2. The molecule has 1 aromatic carbocycles. The number of anilines is 1. The number of aliphatic imine (C=N–C) groups is 1. The highest BCUT2D eigenvalue weighted by Crippen LogP contribution is 2.51. The molecule has 1 saturated heterocycles. The van der Waals surface area contributed by atoms with E-state index in [4.69, 9.17) is 4.99 Å². The summed E-state index contributed by atoms with van der Waals surface area (Å²) in [5.41, 5.74) is 4.34. The molecule has 1 amide bonds. The third-order valence-electron chi connectivity index (χ3n) is 6.43. The Bertz CT molecular complexity index is 1300. The van der Waals surface area contributed by atoms with E-state index in [0.717, 1.165) is 35.7 Å². The van der Waals surface area contributed by atoms with Crippen LogP contribution in [0.3, 0.4) is 0 Å². The highest BCUT2D eigenvalue weighted by atomic mass is 32.2.